The van der Waals surface area contributed by atoms with E-state index in [1.165, 1.54) is 10.4 Å². The Bertz CT molecular complexity index is 1210. The number of methoxy groups -OCH3 is 1. The average Bonchev–Trinajstić information content (AvgIpc) is 2.88. The molecule has 3 aromatic carbocycles. The summed E-state index contributed by atoms with van der Waals surface area (Å²) in [7, 11) is -4.45. The van der Waals surface area contributed by atoms with Gasteiger partial charge in [0.05, 0.1) is 20.0 Å². The van der Waals surface area contributed by atoms with E-state index >= 15 is 0 Å². The first-order chi connectivity index (χ1) is 18.0. The summed E-state index contributed by atoms with van der Waals surface area (Å²) in [5.74, 6) is 0.747. The van der Waals surface area contributed by atoms with E-state index in [0.717, 1.165) is 42.4 Å². The number of aryl methyl sites for hydroxylation is 1. The van der Waals surface area contributed by atoms with E-state index in [9.17, 15) is 8.42 Å². The molecule has 1 atom stereocenters. The molecule has 0 saturated carbocycles. The Balaban J connectivity index is 1.77. The molecule has 7 heteroatoms. The summed E-state index contributed by atoms with van der Waals surface area (Å²) >= 11 is 0. The second-order valence-corrected chi connectivity index (χ2v) is 16.9. The first-order valence-electron chi connectivity index (χ1n) is 13.2. The first-order valence-corrected chi connectivity index (χ1v) is 16.9. The fourth-order valence-corrected chi connectivity index (χ4v) is 10.3. The topological polar surface area (TPSA) is 61.8 Å². The fraction of sp³-hybridized carbons (Fsp3) is 0.419. The zero-order chi connectivity index (χ0) is 27.8. The van der Waals surface area contributed by atoms with Crippen LogP contribution in [0.2, 0.25) is 5.04 Å². The minimum absolute atomic E-state index is 0.0384. The number of ether oxygens (including phenoxy) is 1. The predicted octanol–water partition coefficient (Wildman–Crippen LogP) is 5.81. The maximum Gasteiger partial charge on any atom is 0.264 e. The summed E-state index contributed by atoms with van der Waals surface area (Å²) in [5, 5.41) is 2.47. The number of unbranched alkanes of at least 4 members (excludes halogenated alkanes) is 1. The van der Waals surface area contributed by atoms with Crippen LogP contribution in [0.15, 0.2) is 78.9 Å². The van der Waals surface area contributed by atoms with E-state index in [1.54, 1.807) is 7.11 Å². The number of hydrogen-bond acceptors (Lipinski definition) is 5. The van der Waals surface area contributed by atoms with Crippen molar-refractivity contribution in [3.8, 4) is 5.75 Å². The van der Waals surface area contributed by atoms with Gasteiger partial charge in [-0.05, 0) is 58.4 Å². The van der Waals surface area contributed by atoms with Crippen molar-refractivity contribution in [1.29, 1.82) is 0 Å². The van der Waals surface area contributed by atoms with Crippen molar-refractivity contribution in [1.82, 2.24) is 0 Å². The molecule has 0 aliphatic heterocycles. The molecule has 3 rings (SSSR count). The molecule has 0 spiro atoms. The highest BCUT2D eigenvalue weighted by atomic mass is 32.2. The summed E-state index contributed by atoms with van der Waals surface area (Å²) in [6.07, 6.45) is 3.66. The highest BCUT2D eigenvalue weighted by molar-refractivity contribution is 7.85. The molecule has 0 bridgehead atoms. The van der Waals surface area contributed by atoms with E-state index < -0.39 is 18.4 Å². The van der Waals surface area contributed by atoms with Crippen molar-refractivity contribution in [2.24, 2.45) is 0 Å². The van der Waals surface area contributed by atoms with E-state index in [4.69, 9.17) is 13.3 Å². The van der Waals surface area contributed by atoms with Crippen molar-refractivity contribution in [2.75, 3.05) is 26.6 Å². The zero-order valence-electron chi connectivity index (χ0n) is 23.6. The molecule has 0 amide bonds. The molecule has 5 nitrogen and oxygen atoms in total. The lowest BCUT2D eigenvalue weighted by atomic mass is 9.91. The molecular formula is C31H42O5SSi. The molecule has 0 aromatic heterocycles. The number of rotatable bonds is 13. The lowest BCUT2D eigenvalue weighted by Crippen LogP contribution is -2.66. The first kappa shape index (κ1) is 30.1. The highest BCUT2D eigenvalue weighted by Crippen LogP contribution is 2.37. The van der Waals surface area contributed by atoms with Crippen molar-refractivity contribution < 1.29 is 21.8 Å². The van der Waals surface area contributed by atoms with Crippen molar-refractivity contribution >= 4 is 28.8 Å². The van der Waals surface area contributed by atoms with Gasteiger partial charge in [0.25, 0.3) is 18.4 Å². The van der Waals surface area contributed by atoms with E-state index in [1.807, 2.05) is 25.1 Å². The molecule has 0 heterocycles. The third kappa shape index (κ3) is 7.56. The molecular weight excluding hydrogens is 512 g/mol. The largest absolute Gasteiger partial charge is 0.497 e. The molecule has 206 valence electrons. The van der Waals surface area contributed by atoms with Gasteiger partial charge in [0.15, 0.2) is 0 Å². The Labute approximate surface area is 230 Å². The quantitative estimate of drug-likeness (QED) is 0.152. The van der Waals surface area contributed by atoms with Crippen LogP contribution in [0.5, 0.6) is 5.75 Å². The molecule has 38 heavy (non-hydrogen) atoms. The minimum atomic E-state index is -3.53. The molecule has 0 fully saturated rings. The summed E-state index contributed by atoms with van der Waals surface area (Å²) in [4.78, 5) is 0. The van der Waals surface area contributed by atoms with Crippen LogP contribution in [0.3, 0.4) is 0 Å². The van der Waals surface area contributed by atoms with Gasteiger partial charge in [0.1, 0.15) is 5.75 Å². The molecule has 0 saturated heterocycles. The van der Waals surface area contributed by atoms with Gasteiger partial charge in [-0.15, -0.1) is 0 Å². The van der Waals surface area contributed by atoms with E-state index in [-0.39, 0.29) is 17.6 Å². The highest BCUT2D eigenvalue weighted by Gasteiger charge is 2.49. The zero-order valence-corrected chi connectivity index (χ0v) is 25.4. The molecule has 0 aliphatic carbocycles. The predicted molar refractivity (Wildman–Crippen MR) is 159 cm³/mol. The molecule has 0 aliphatic rings. The second kappa shape index (κ2) is 13.1. The SMILES string of the molecule is COc1ccc([C@H](CCCCO[Si](c2ccccc2)(c2ccccc2)C(C)(C)C)COS(C)(=O)=O)c(C)c1. The van der Waals surface area contributed by atoms with Gasteiger partial charge in [0, 0.05) is 12.5 Å². The summed E-state index contributed by atoms with van der Waals surface area (Å²) in [5.41, 5.74) is 2.15. The second-order valence-electron chi connectivity index (χ2n) is 10.9. The summed E-state index contributed by atoms with van der Waals surface area (Å²) in [6, 6.07) is 27.2. The third-order valence-electron chi connectivity index (χ3n) is 7.08. The van der Waals surface area contributed by atoms with Crippen LogP contribution in [-0.4, -0.2) is 43.3 Å². The minimum Gasteiger partial charge on any atom is -0.497 e. The Kier molecular flexibility index (Phi) is 10.3. The van der Waals surface area contributed by atoms with Gasteiger partial charge in [-0.2, -0.15) is 8.42 Å². The summed E-state index contributed by atoms with van der Waals surface area (Å²) < 4.78 is 41.1. The van der Waals surface area contributed by atoms with Gasteiger partial charge < -0.3 is 9.16 Å². The monoisotopic (exact) mass is 554 g/mol. The number of hydrogen-bond donors (Lipinski definition) is 0. The Morgan fingerprint density at radius 1 is 0.868 bits per heavy atom. The van der Waals surface area contributed by atoms with E-state index in [0.29, 0.717) is 6.61 Å². The Morgan fingerprint density at radius 2 is 1.45 bits per heavy atom. The third-order valence-corrected chi connectivity index (χ3v) is 12.7. The van der Waals surface area contributed by atoms with Gasteiger partial charge in [-0.1, -0.05) is 93.9 Å². The standard InChI is InChI=1S/C31H42O5SSi/c1-25-23-27(34-5)20-21-30(25)26(24-35-37(6,32)33)15-13-14-22-36-38(31(2,3)4,28-16-9-7-10-17-28)29-18-11-8-12-19-29/h7-12,16-21,23,26H,13-15,22,24H2,1-6H3/t26-/m1/s1. The van der Waals surface area contributed by atoms with Crippen LogP contribution in [0.25, 0.3) is 0 Å². The molecule has 3 aromatic rings. The van der Waals surface area contributed by atoms with Crippen LogP contribution >= 0.6 is 0 Å². The van der Waals surface area contributed by atoms with Crippen LogP contribution in [0.4, 0.5) is 0 Å². The normalized spacial score (nSPS) is 13.3. The smallest absolute Gasteiger partial charge is 0.264 e. The van der Waals surface area contributed by atoms with Gasteiger partial charge in [-0.25, -0.2) is 0 Å². The Hall–Kier alpha value is -2.45. The maximum absolute atomic E-state index is 11.7. The Morgan fingerprint density at radius 3 is 1.92 bits per heavy atom. The van der Waals surface area contributed by atoms with Crippen LogP contribution in [-0.2, 0) is 18.7 Å². The van der Waals surface area contributed by atoms with Gasteiger partial charge >= 0.3 is 0 Å². The number of benzene rings is 3. The lowest BCUT2D eigenvalue weighted by Gasteiger charge is -2.43. The lowest BCUT2D eigenvalue weighted by molar-refractivity contribution is 0.266. The average molecular weight is 555 g/mol. The van der Waals surface area contributed by atoms with Gasteiger partial charge in [0.2, 0.25) is 0 Å². The van der Waals surface area contributed by atoms with Crippen molar-refractivity contribution in [3.05, 3.63) is 90.0 Å². The molecule has 0 unspecified atom stereocenters. The summed E-state index contributed by atoms with van der Waals surface area (Å²) in [6.45, 7) is 9.63. The van der Waals surface area contributed by atoms with Crippen LogP contribution in [0.1, 0.15) is 57.1 Å². The molecule has 0 N–H and O–H groups in total. The fourth-order valence-electron chi connectivity index (χ4n) is 5.25. The molecule has 0 radical (unpaired) electrons. The van der Waals surface area contributed by atoms with E-state index in [2.05, 4.69) is 81.4 Å². The maximum atomic E-state index is 11.7. The van der Waals surface area contributed by atoms with Crippen molar-refractivity contribution in [2.45, 2.75) is 57.9 Å². The van der Waals surface area contributed by atoms with Crippen LogP contribution in [0, 0.1) is 6.92 Å². The van der Waals surface area contributed by atoms with Gasteiger partial charge in [-0.3, -0.25) is 4.18 Å². The van der Waals surface area contributed by atoms with Crippen LogP contribution < -0.4 is 15.1 Å². The van der Waals surface area contributed by atoms with Crippen molar-refractivity contribution in [3.63, 3.8) is 0 Å².